The van der Waals surface area contributed by atoms with Crippen LogP contribution in [0.25, 0.3) is 0 Å². The molecule has 1 N–H and O–H groups in total. The van der Waals surface area contributed by atoms with Crippen molar-refractivity contribution in [3.8, 4) is 5.75 Å². The molecule has 0 saturated heterocycles. The summed E-state index contributed by atoms with van der Waals surface area (Å²) in [6.07, 6.45) is 0. The Labute approximate surface area is 145 Å². The first-order chi connectivity index (χ1) is 11.7. The second-order valence-corrected chi connectivity index (χ2v) is 5.36. The lowest BCUT2D eigenvalue weighted by atomic mass is 10.2. The van der Waals surface area contributed by atoms with E-state index in [0.717, 1.165) is 7.05 Å². The molecule has 1 aromatic heterocycles. The van der Waals surface area contributed by atoms with Gasteiger partial charge in [-0.15, -0.1) is 0 Å². The fourth-order valence-corrected chi connectivity index (χ4v) is 2.25. The van der Waals surface area contributed by atoms with Crippen LogP contribution in [0.5, 0.6) is 5.75 Å². The zero-order valence-corrected chi connectivity index (χ0v) is 13.8. The van der Waals surface area contributed by atoms with Gasteiger partial charge in [-0.05, 0) is 18.2 Å². The number of nitrogens with zero attached hydrogens (tertiary/aromatic N) is 2. The molecule has 5 nitrogen and oxygen atoms in total. The Hall–Kier alpha value is -2.55. The minimum absolute atomic E-state index is 0.224. The number of carbonyl (C=O) groups is 1. The molecule has 0 radical (unpaired) electrons. The predicted molar refractivity (Wildman–Crippen MR) is 84.0 cm³/mol. The van der Waals surface area contributed by atoms with Gasteiger partial charge in [0, 0.05) is 12.1 Å². The van der Waals surface area contributed by atoms with Crippen LogP contribution in [0, 0.1) is 23.5 Å². The first kappa shape index (κ1) is 18.8. The largest absolute Gasteiger partial charge is 0.495 e. The smallest absolute Gasteiger partial charge is 0.253 e. The average Bonchev–Trinajstić information content (AvgIpc) is 2.53. The molecule has 0 aliphatic carbocycles. The van der Waals surface area contributed by atoms with E-state index in [1.54, 1.807) is 0 Å². The summed E-state index contributed by atoms with van der Waals surface area (Å²) < 4.78 is 58.7. The number of hydrogen-bond acceptors (Lipinski definition) is 4. The van der Waals surface area contributed by atoms with Crippen LogP contribution in [-0.4, -0.2) is 31.6 Å². The Kier molecular flexibility index (Phi) is 5.68. The van der Waals surface area contributed by atoms with Gasteiger partial charge in [-0.3, -0.25) is 4.79 Å². The highest BCUT2D eigenvalue weighted by molar-refractivity contribution is 6.31. The third-order valence-corrected chi connectivity index (χ3v) is 3.41. The average molecular weight is 378 g/mol. The minimum atomic E-state index is -1.81. The van der Waals surface area contributed by atoms with Gasteiger partial charge in [-0.1, -0.05) is 11.6 Å². The first-order valence-electron chi connectivity index (χ1n) is 6.79. The number of aromatic nitrogens is 1. The van der Waals surface area contributed by atoms with E-state index in [2.05, 4.69) is 10.3 Å². The van der Waals surface area contributed by atoms with Gasteiger partial charge in [0.2, 0.25) is 17.5 Å². The summed E-state index contributed by atoms with van der Waals surface area (Å²) in [7, 11) is 2.47. The summed E-state index contributed by atoms with van der Waals surface area (Å²) in [6.45, 7) is -0.605. The van der Waals surface area contributed by atoms with Crippen LogP contribution in [-0.2, 0) is 4.79 Å². The highest BCUT2D eigenvalue weighted by Crippen LogP contribution is 2.28. The van der Waals surface area contributed by atoms with Gasteiger partial charge in [0.05, 0.1) is 19.3 Å². The Morgan fingerprint density at radius 2 is 1.84 bits per heavy atom. The van der Waals surface area contributed by atoms with Crippen molar-refractivity contribution < 1.29 is 27.1 Å². The molecule has 0 aliphatic rings. The van der Waals surface area contributed by atoms with E-state index in [9.17, 15) is 22.4 Å². The number of benzene rings is 1. The lowest BCUT2D eigenvalue weighted by molar-refractivity contribution is -0.114. The van der Waals surface area contributed by atoms with Gasteiger partial charge >= 0.3 is 0 Å². The maximum absolute atomic E-state index is 13.7. The van der Waals surface area contributed by atoms with E-state index >= 15 is 0 Å². The number of halogens is 5. The number of likely N-dealkylation sites (N-methyl/N-ethyl adjacent to an activating group) is 1. The number of nitrogens with one attached hydrogen (secondary N) is 1. The normalized spacial score (nSPS) is 10.5. The molecule has 0 bridgehead atoms. The van der Waals surface area contributed by atoms with E-state index < -0.39 is 41.7 Å². The number of carbonyl (C=O) groups excluding carboxylic acids is 1. The number of ether oxygens (including phenoxy) is 1. The van der Waals surface area contributed by atoms with Crippen molar-refractivity contribution in [2.24, 2.45) is 0 Å². The zero-order valence-electron chi connectivity index (χ0n) is 13.0. The monoisotopic (exact) mass is 377 g/mol. The topological polar surface area (TPSA) is 54.5 Å². The molecule has 0 atom stereocenters. The van der Waals surface area contributed by atoms with Crippen LogP contribution in [0.15, 0.2) is 18.2 Å². The summed E-state index contributed by atoms with van der Waals surface area (Å²) >= 11 is 5.83. The van der Waals surface area contributed by atoms with Gasteiger partial charge in [-0.25, -0.2) is 0 Å². The van der Waals surface area contributed by atoms with Gasteiger partial charge in [0.1, 0.15) is 11.4 Å². The Morgan fingerprint density at radius 3 is 2.40 bits per heavy atom. The quantitative estimate of drug-likeness (QED) is 0.641. The van der Waals surface area contributed by atoms with Crippen LogP contribution in [0.1, 0.15) is 0 Å². The standard InChI is InChI=1S/C15H12ClF4N3O2/c1-23(13-11(17)14(19)22-15(20)12(13)18)6-10(24)21-8-5-7(16)3-4-9(8)25-2/h3-5H,6H2,1-2H3,(H,21,24). The first-order valence-corrected chi connectivity index (χ1v) is 7.17. The lowest BCUT2D eigenvalue weighted by Gasteiger charge is -2.20. The third kappa shape index (κ3) is 4.11. The van der Waals surface area contributed by atoms with Crippen molar-refractivity contribution >= 4 is 28.9 Å². The molecule has 1 heterocycles. The van der Waals surface area contributed by atoms with Crippen LogP contribution < -0.4 is 15.0 Å². The molecule has 0 unspecified atom stereocenters. The van der Waals surface area contributed by atoms with Gasteiger partial charge < -0.3 is 15.0 Å². The molecule has 0 fully saturated rings. The predicted octanol–water partition coefficient (Wildman–Crippen LogP) is 3.37. The summed E-state index contributed by atoms with van der Waals surface area (Å²) in [5.74, 6) is -7.43. The maximum Gasteiger partial charge on any atom is 0.253 e. The van der Waals surface area contributed by atoms with E-state index in [0.29, 0.717) is 15.7 Å². The van der Waals surface area contributed by atoms with Crippen molar-refractivity contribution in [2.75, 3.05) is 30.9 Å². The number of methoxy groups -OCH3 is 1. The Morgan fingerprint density at radius 1 is 1.24 bits per heavy atom. The number of anilines is 2. The Bertz CT molecular complexity index is 794. The van der Waals surface area contributed by atoms with Gasteiger partial charge in [-0.2, -0.15) is 22.5 Å². The molecule has 2 aromatic rings. The van der Waals surface area contributed by atoms with E-state index in [1.165, 1.54) is 25.3 Å². The molecule has 1 aromatic carbocycles. The lowest BCUT2D eigenvalue weighted by Crippen LogP contribution is -2.32. The van der Waals surface area contributed by atoms with Crippen LogP contribution in [0.2, 0.25) is 5.02 Å². The second kappa shape index (κ2) is 7.56. The number of pyridine rings is 1. The van der Waals surface area contributed by atoms with Crippen LogP contribution in [0.4, 0.5) is 28.9 Å². The zero-order chi connectivity index (χ0) is 18.7. The molecule has 0 spiro atoms. The van der Waals surface area contributed by atoms with Crippen molar-refractivity contribution in [3.05, 3.63) is 46.8 Å². The SMILES string of the molecule is COc1ccc(Cl)cc1NC(=O)CN(C)c1c(F)c(F)nc(F)c1F. The van der Waals surface area contributed by atoms with E-state index in [-0.39, 0.29) is 5.69 Å². The fraction of sp³-hybridized carbons (Fsp3) is 0.200. The highest BCUT2D eigenvalue weighted by atomic mass is 35.5. The molecular formula is C15H12ClF4N3O2. The summed E-state index contributed by atoms with van der Waals surface area (Å²) in [6, 6.07) is 4.45. The van der Waals surface area contributed by atoms with Gasteiger partial charge in [0.15, 0.2) is 0 Å². The second-order valence-electron chi connectivity index (χ2n) is 4.92. The van der Waals surface area contributed by atoms with Crippen molar-refractivity contribution in [1.82, 2.24) is 4.98 Å². The van der Waals surface area contributed by atoms with Crippen LogP contribution >= 0.6 is 11.6 Å². The molecule has 0 saturated carbocycles. The van der Waals surface area contributed by atoms with Gasteiger partial charge in [0.25, 0.3) is 11.9 Å². The molecular weight excluding hydrogens is 366 g/mol. The van der Waals surface area contributed by atoms with E-state index in [4.69, 9.17) is 16.3 Å². The third-order valence-electron chi connectivity index (χ3n) is 3.17. The Balaban J connectivity index is 2.21. The van der Waals surface area contributed by atoms with Crippen molar-refractivity contribution in [2.45, 2.75) is 0 Å². The molecule has 10 heteroatoms. The molecule has 134 valence electrons. The highest BCUT2D eigenvalue weighted by Gasteiger charge is 2.25. The number of amides is 1. The van der Waals surface area contributed by atoms with Crippen molar-refractivity contribution in [1.29, 1.82) is 0 Å². The molecule has 2 rings (SSSR count). The molecule has 1 amide bonds. The number of rotatable bonds is 5. The molecule has 25 heavy (non-hydrogen) atoms. The minimum Gasteiger partial charge on any atom is -0.495 e. The van der Waals surface area contributed by atoms with E-state index in [1.807, 2.05) is 0 Å². The summed E-state index contributed by atoms with van der Waals surface area (Å²) in [4.78, 5) is 15.2. The number of hydrogen-bond donors (Lipinski definition) is 1. The molecule has 0 aliphatic heterocycles. The summed E-state index contributed by atoms with van der Waals surface area (Å²) in [5, 5.41) is 2.75. The summed E-state index contributed by atoms with van der Waals surface area (Å²) in [5.41, 5.74) is -0.820. The van der Waals surface area contributed by atoms with Crippen molar-refractivity contribution in [3.63, 3.8) is 0 Å². The van der Waals surface area contributed by atoms with Crippen LogP contribution in [0.3, 0.4) is 0 Å². The fourth-order valence-electron chi connectivity index (χ4n) is 2.07. The maximum atomic E-state index is 13.7.